The van der Waals surface area contributed by atoms with Crippen LogP contribution in [0, 0.1) is 5.82 Å². The molecule has 0 fully saturated rings. The maximum absolute atomic E-state index is 12.9. The maximum Gasteiger partial charge on any atom is 0.453 e. The highest BCUT2D eigenvalue weighted by molar-refractivity contribution is 5.38. The molecule has 3 aromatic rings. The van der Waals surface area contributed by atoms with E-state index in [2.05, 4.69) is 15.3 Å². The Hall–Kier alpha value is -2.71. The van der Waals surface area contributed by atoms with Crippen LogP contribution in [0.15, 0.2) is 36.4 Å². The molecular formula is C14H10F4N4O. The Morgan fingerprint density at radius 2 is 1.74 bits per heavy atom. The fourth-order valence-corrected chi connectivity index (χ4v) is 1.99. The van der Waals surface area contributed by atoms with E-state index in [4.69, 9.17) is 4.74 Å². The molecule has 0 saturated heterocycles. The van der Waals surface area contributed by atoms with Gasteiger partial charge in [-0.15, -0.1) is 15.3 Å². The van der Waals surface area contributed by atoms with Gasteiger partial charge in [-0.1, -0.05) is 12.1 Å². The molecule has 1 aromatic carbocycles. The number of hydrogen-bond acceptors (Lipinski definition) is 4. The van der Waals surface area contributed by atoms with Crippen molar-refractivity contribution in [3.8, 4) is 5.88 Å². The van der Waals surface area contributed by atoms with Gasteiger partial charge in [0.1, 0.15) is 11.9 Å². The second-order valence-corrected chi connectivity index (χ2v) is 4.77. The fraction of sp³-hybridized carbons (Fsp3) is 0.214. The molecule has 0 saturated carbocycles. The zero-order valence-corrected chi connectivity index (χ0v) is 11.8. The standard InChI is InChI=1S/C14H10F4N4O/c1-8(9-2-4-10(15)5-3-9)23-12-7-6-11-19-20-13(14(16,17)18)22(11)21-12/h2-8H,1H3. The molecule has 0 radical (unpaired) electrons. The van der Waals surface area contributed by atoms with Crippen LogP contribution in [0.1, 0.15) is 24.4 Å². The fourth-order valence-electron chi connectivity index (χ4n) is 1.99. The number of aromatic nitrogens is 4. The predicted octanol–water partition coefficient (Wildman–Crippen LogP) is 3.42. The van der Waals surface area contributed by atoms with Crippen LogP contribution in [-0.2, 0) is 6.18 Å². The van der Waals surface area contributed by atoms with Gasteiger partial charge in [-0.25, -0.2) is 4.39 Å². The molecule has 0 aliphatic carbocycles. The van der Waals surface area contributed by atoms with Crippen LogP contribution in [-0.4, -0.2) is 19.8 Å². The third kappa shape index (κ3) is 3.08. The van der Waals surface area contributed by atoms with Crippen LogP contribution >= 0.6 is 0 Å². The van der Waals surface area contributed by atoms with E-state index in [1.165, 1.54) is 36.4 Å². The van der Waals surface area contributed by atoms with Gasteiger partial charge in [0, 0.05) is 6.07 Å². The van der Waals surface area contributed by atoms with E-state index in [1.54, 1.807) is 6.92 Å². The molecule has 23 heavy (non-hydrogen) atoms. The molecule has 9 heteroatoms. The summed E-state index contributed by atoms with van der Waals surface area (Å²) in [5.74, 6) is -1.65. The summed E-state index contributed by atoms with van der Waals surface area (Å²) in [4.78, 5) is 0. The minimum Gasteiger partial charge on any atom is -0.469 e. The first-order valence-electron chi connectivity index (χ1n) is 6.56. The molecule has 0 amide bonds. The van der Waals surface area contributed by atoms with Crippen molar-refractivity contribution in [3.63, 3.8) is 0 Å². The van der Waals surface area contributed by atoms with E-state index in [0.717, 1.165) is 0 Å². The Morgan fingerprint density at radius 3 is 2.39 bits per heavy atom. The van der Waals surface area contributed by atoms with Crippen LogP contribution < -0.4 is 4.74 Å². The number of halogens is 4. The van der Waals surface area contributed by atoms with Gasteiger partial charge in [0.2, 0.25) is 5.88 Å². The Bertz CT molecular complexity index is 829. The minimum atomic E-state index is -4.67. The molecule has 3 rings (SSSR count). The third-order valence-electron chi connectivity index (χ3n) is 3.13. The Balaban J connectivity index is 1.89. The highest BCUT2D eigenvalue weighted by Gasteiger charge is 2.37. The van der Waals surface area contributed by atoms with E-state index in [-0.39, 0.29) is 17.3 Å². The highest BCUT2D eigenvalue weighted by Crippen LogP contribution is 2.28. The van der Waals surface area contributed by atoms with Crippen molar-refractivity contribution >= 4 is 5.65 Å². The summed E-state index contributed by atoms with van der Waals surface area (Å²) in [5, 5.41) is 10.2. The van der Waals surface area contributed by atoms with Gasteiger partial charge < -0.3 is 4.74 Å². The lowest BCUT2D eigenvalue weighted by Crippen LogP contribution is -2.13. The minimum absolute atomic E-state index is 0.0281. The van der Waals surface area contributed by atoms with E-state index in [9.17, 15) is 17.6 Å². The Kier molecular flexibility index (Phi) is 3.63. The summed E-state index contributed by atoms with van der Waals surface area (Å²) >= 11 is 0. The van der Waals surface area contributed by atoms with Crippen molar-refractivity contribution in [1.29, 1.82) is 0 Å². The van der Waals surface area contributed by atoms with Crippen molar-refractivity contribution in [3.05, 3.63) is 53.6 Å². The summed E-state index contributed by atoms with van der Waals surface area (Å²) in [6.07, 6.45) is -5.19. The highest BCUT2D eigenvalue weighted by atomic mass is 19.4. The maximum atomic E-state index is 12.9. The van der Waals surface area contributed by atoms with Gasteiger partial charge in [-0.05, 0) is 30.7 Å². The van der Waals surface area contributed by atoms with Gasteiger partial charge in [0.05, 0.1) is 0 Å². The number of benzene rings is 1. The molecule has 0 N–H and O–H groups in total. The summed E-state index contributed by atoms with van der Waals surface area (Å²) in [7, 11) is 0. The van der Waals surface area contributed by atoms with E-state index < -0.39 is 18.1 Å². The summed E-state index contributed by atoms with van der Waals surface area (Å²) in [6.45, 7) is 1.68. The molecule has 0 spiro atoms. The zero-order chi connectivity index (χ0) is 16.6. The van der Waals surface area contributed by atoms with Crippen molar-refractivity contribution in [2.45, 2.75) is 19.2 Å². The third-order valence-corrected chi connectivity index (χ3v) is 3.13. The lowest BCUT2D eigenvalue weighted by molar-refractivity contribution is -0.146. The van der Waals surface area contributed by atoms with Crippen LogP contribution in [0.4, 0.5) is 17.6 Å². The number of hydrogen-bond donors (Lipinski definition) is 0. The molecular weight excluding hydrogens is 316 g/mol. The van der Waals surface area contributed by atoms with E-state index >= 15 is 0 Å². The quantitative estimate of drug-likeness (QED) is 0.692. The average molecular weight is 326 g/mol. The van der Waals surface area contributed by atoms with E-state index in [0.29, 0.717) is 10.1 Å². The predicted molar refractivity (Wildman–Crippen MR) is 71.2 cm³/mol. The Labute approximate surface area is 127 Å². The normalized spacial score (nSPS) is 13.3. The molecule has 0 bridgehead atoms. The summed E-state index contributed by atoms with van der Waals surface area (Å²) < 4.78 is 57.4. The van der Waals surface area contributed by atoms with E-state index in [1.807, 2.05) is 0 Å². The average Bonchev–Trinajstić information content (AvgIpc) is 2.91. The summed E-state index contributed by atoms with van der Waals surface area (Å²) in [5.41, 5.74) is 0.618. The van der Waals surface area contributed by atoms with Crippen LogP contribution in [0.5, 0.6) is 5.88 Å². The number of ether oxygens (including phenoxy) is 1. The SMILES string of the molecule is CC(Oc1ccc2nnc(C(F)(F)F)n2n1)c1ccc(F)cc1. The van der Waals surface area contributed by atoms with Crippen LogP contribution in [0.2, 0.25) is 0 Å². The number of alkyl halides is 3. The first-order valence-corrected chi connectivity index (χ1v) is 6.56. The van der Waals surface area contributed by atoms with Crippen molar-refractivity contribution in [1.82, 2.24) is 19.8 Å². The first kappa shape index (κ1) is 15.2. The number of rotatable bonds is 3. The lowest BCUT2D eigenvalue weighted by atomic mass is 10.1. The van der Waals surface area contributed by atoms with Gasteiger partial charge in [0.15, 0.2) is 5.65 Å². The molecule has 1 unspecified atom stereocenters. The molecule has 2 heterocycles. The monoisotopic (exact) mass is 326 g/mol. The second-order valence-electron chi connectivity index (χ2n) is 4.77. The van der Waals surface area contributed by atoms with Crippen LogP contribution in [0.3, 0.4) is 0 Å². The first-order chi connectivity index (χ1) is 10.8. The molecule has 5 nitrogen and oxygen atoms in total. The van der Waals surface area contributed by atoms with Crippen molar-refractivity contribution in [2.24, 2.45) is 0 Å². The van der Waals surface area contributed by atoms with Crippen molar-refractivity contribution in [2.75, 3.05) is 0 Å². The molecule has 120 valence electrons. The molecule has 2 aromatic heterocycles. The van der Waals surface area contributed by atoms with Crippen LogP contribution in [0.25, 0.3) is 5.65 Å². The van der Waals surface area contributed by atoms with Crippen molar-refractivity contribution < 1.29 is 22.3 Å². The smallest absolute Gasteiger partial charge is 0.453 e. The zero-order valence-electron chi connectivity index (χ0n) is 11.8. The van der Waals surface area contributed by atoms with Gasteiger partial charge in [0.25, 0.3) is 5.82 Å². The summed E-state index contributed by atoms with van der Waals surface area (Å²) in [6, 6.07) is 8.31. The molecule has 1 atom stereocenters. The number of nitrogens with zero attached hydrogens (tertiary/aromatic N) is 4. The number of fused-ring (bicyclic) bond motifs is 1. The molecule has 0 aliphatic heterocycles. The van der Waals surface area contributed by atoms with Gasteiger partial charge in [-0.3, -0.25) is 0 Å². The van der Waals surface area contributed by atoms with Gasteiger partial charge in [-0.2, -0.15) is 17.7 Å². The lowest BCUT2D eigenvalue weighted by Gasteiger charge is -2.14. The molecule has 0 aliphatic rings. The second kappa shape index (κ2) is 5.49. The van der Waals surface area contributed by atoms with Gasteiger partial charge >= 0.3 is 6.18 Å². The largest absolute Gasteiger partial charge is 0.469 e. The topological polar surface area (TPSA) is 52.3 Å². The Morgan fingerprint density at radius 1 is 1.04 bits per heavy atom.